The van der Waals surface area contributed by atoms with Gasteiger partial charge in [0.05, 0.1) is 7.11 Å². The Kier molecular flexibility index (Phi) is 5.80. The second kappa shape index (κ2) is 7.60. The average Bonchev–Trinajstić information content (AvgIpc) is 2.86. The third-order valence-corrected chi connectivity index (χ3v) is 3.77. The molecule has 4 heteroatoms. The predicted octanol–water partition coefficient (Wildman–Crippen LogP) is 2.16. The van der Waals surface area contributed by atoms with Gasteiger partial charge in [-0.15, -0.1) is 0 Å². The van der Waals surface area contributed by atoms with Crippen molar-refractivity contribution < 1.29 is 4.74 Å². The molecule has 0 aliphatic carbocycles. The Morgan fingerprint density at radius 2 is 2.35 bits per heavy atom. The summed E-state index contributed by atoms with van der Waals surface area (Å²) >= 11 is 0. The van der Waals surface area contributed by atoms with Crippen molar-refractivity contribution in [2.45, 2.75) is 26.8 Å². The molecule has 1 fully saturated rings. The first kappa shape index (κ1) is 15.3. The van der Waals surface area contributed by atoms with Gasteiger partial charge in [0.15, 0.2) is 0 Å². The second-order valence-electron chi connectivity index (χ2n) is 6.15. The van der Waals surface area contributed by atoms with E-state index in [0.717, 1.165) is 31.5 Å². The molecule has 2 heterocycles. The number of nitrogens with zero attached hydrogens (tertiary/aromatic N) is 2. The number of pyridine rings is 1. The van der Waals surface area contributed by atoms with Gasteiger partial charge in [-0.3, -0.25) is 4.90 Å². The van der Waals surface area contributed by atoms with E-state index in [2.05, 4.69) is 35.1 Å². The molecule has 1 saturated heterocycles. The van der Waals surface area contributed by atoms with Gasteiger partial charge in [0.2, 0.25) is 5.88 Å². The van der Waals surface area contributed by atoms with Crippen LogP contribution in [0.25, 0.3) is 0 Å². The van der Waals surface area contributed by atoms with Crippen molar-refractivity contribution in [1.82, 2.24) is 15.2 Å². The van der Waals surface area contributed by atoms with Gasteiger partial charge in [-0.2, -0.15) is 0 Å². The molecule has 0 bridgehead atoms. The summed E-state index contributed by atoms with van der Waals surface area (Å²) in [7, 11) is 1.67. The minimum Gasteiger partial charge on any atom is -0.481 e. The fourth-order valence-electron chi connectivity index (χ4n) is 2.72. The molecule has 1 unspecified atom stereocenters. The van der Waals surface area contributed by atoms with Crippen LogP contribution in [0.3, 0.4) is 0 Å². The summed E-state index contributed by atoms with van der Waals surface area (Å²) in [6.07, 6.45) is 3.12. The number of methoxy groups -OCH3 is 1. The predicted molar refractivity (Wildman–Crippen MR) is 81.9 cm³/mol. The number of hydrogen-bond donors (Lipinski definition) is 1. The van der Waals surface area contributed by atoms with Crippen LogP contribution in [0, 0.1) is 11.8 Å². The van der Waals surface area contributed by atoms with Crippen LogP contribution in [0.2, 0.25) is 0 Å². The highest BCUT2D eigenvalue weighted by Crippen LogP contribution is 2.19. The van der Waals surface area contributed by atoms with Crippen molar-refractivity contribution in [2.75, 3.05) is 33.3 Å². The van der Waals surface area contributed by atoms with Gasteiger partial charge >= 0.3 is 0 Å². The first-order valence-electron chi connectivity index (χ1n) is 7.59. The monoisotopic (exact) mass is 277 g/mol. The van der Waals surface area contributed by atoms with Crippen LogP contribution >= 0.6 is 0 Å². The molecule has 0 amide bonds. The van der Waals surface area contributed by atoms with Gasteiger partial charge < -0.3 is 10.1 Å². The number of rotatable bonds is 7. The maximum atomic E-state index is 5.18. The molecule has 1 aliphatic rings. The maximum Gasteiger partial charge on any atom is 0.213 e. The van der Waals surface area contributed by atoms with Gasteiger partial charge in [0.25, 0.3) is 0 Å². The Bertz CT molecular complexity index is 408. The number of ether oxygens (including phenoxy) is 1. The minimum atomic E-state index is 0.705. The molecule has 0 aromatic carbocycles. The lowest BCUT2D eigenvalue weighted by Crippen LogP contribution is -2.28. The molecule has 0 spiro atoms. The van der Waals surface area contributed by atoms with Crippen molar-refractivity contribution in [2.24, 2.45) is 11.8 Å². The van der Waals surface area contributed by atoms with E-state index in [9.17, 15) is 0 Å². The van der Waals surface area contributed by atoms with Crippen LogP contribution in [0.1, 0.15) is 25.8 Å². The smallest absolute Gasteiger partial charge is 0.213 e. The van der Waals surface area contributed by atoms with Crippen LogP contribution in [0.15, 0.2) is 18.3 Å². The molecule has 1 aliphatic heterocycles. The molecule has 20 heavy (non-hydrogen) atoms. The van der Waals surface area contributed by atoms with Gasteiger partial charge in [-0.1, -0.05) is 13.8 Å². The molecule has 1 N–H and O–H groups in total. The quantitative estimate of drug-likeness (QED) is 0.829. The molecule has 1 atom stereocenters. The Hall–Kier alpha value is -1.13. The number of hydrogen-bond acceptors (Lipinski definition) is 4. The molecular weight excluding hydrogens is 250 g/mol. The Morgan fingerprint density at radius 3 is 3.10 bits per heavy atom. The van der Waals surface area contributed by atoms with E-state index in [-0.39, 0.29) is 0 Å². The van der Waals surface area contributed by atoms with E-state index in [0.29, 0.717) is 5.88 Å². The Morgan fingerprint density at radius 1 is 1.50 bits per heavy atom. The van der Waals surface area contributed by atoms with Crippen LogP contribution in [-0.2, 0) is 6.54 Å². The Labute approximate surface area is 122 Å². The standard InChI is InChI=1S/C16H27N3O/c1-13(2)9-17-10-15-5-7-19(12-15)11-14-4-6-18-16(8-14)20-3/h4,6,8,13,15,17H,5,7,9-12H2,1-3H3. The molecule has 1 aromatic rings. The summed E-state index contributed by atoms with van der Waals surface area (Å²) < 4.78 is 5.18. The summed E-state index contributed by atoms with van der Waals surface area (Å²) in [5.41, 5.74) is 1.28. The largest absolute Gasteiger partial charge is 0.481 e. The van der Waals surface area contributed by atoms with E-state index < -0.39 is 0 Å². The van der Waals surface area contributed by atoms with E-state index in [1.54, 1.807) is 7.11 Å². The number of likely N-dealkylation sites (tertiary alicyclic amines) is 1. The summed E-state index contributed by atoms with van der Waals surface area (Å²) in [5, 5.41) is 3.57. The van der Waals surface area contributed by atoms with Crippen LogP contribution in [0.5, 0.6) is 5.88 Å². The SMILES string of the molecule is COc1cc(CN2CCC(CNCC(C)C)C2)ccn1. The molecule has 0 radical (unpaired) electrons. The average molecular weight is 277 g/mol. The van der Waals surface area contributed by atoms with E-state index >= 15 is 0 Å². The minimum absolute atomic E-state index is 0.705. The first-order valence-corrected chi connectivity index (χ1v) is 7.59. The Balaban J connectivity index is 1.75. The highest BCUT2D eigenvalue weighted by Gasteiger charge is 2.22. The lowest BCUT2D eigenvalue weighted by Gasteiger charge is -2.17. The zero-order valence-corrected chi connectivity index (χ0v) is 12.9. The van der Waals surface area contributed by atoms with Gasteiger partial charge in [0, 0.05) is 25.4 Å². The zero-order chi connectivity index (χ0) is 14.4. The van der Waals surface area contributed by atoms with Crippen molar-refractivity contribution in [3.05, 3.63) is 23.9 Å². The van der Waals surface area contributed by atoms with Crippen LogP contribution < -0.4 is 10.1 Å². The lowest BCUT2D eigenvalue weighted by molar-refractivity contribution is 0.312. The molecule has 2 rings (SSSR count). The van der Waals surface area contributed by atoms with Gasteiger partial charge in [0.1, 0.15) is 0 Å². The summed E-state index contributed by atoms with van der Waals surface area (Å²) in [4.78, 5) is 6.68. The normalized spacial score (nSPS) is 19.7. The second-order valence-corrected chi connectivity index (χ2v) is 6.15. The van der Waals surface area contributed by atoms with E-state index in [4.69, 9.17) is 4.74 Å². The fourth-order valence-corrected chi connectivity index (χ4v) is 2.72. The topological polar surface area (TPSA) is 37.4 Å². The summed E-state index contributed by atoms with van der Waals surface area (Å²) in [5.74, 6) is 2.23. The van der Waals surface area contributed by atoms with Crippen molar-refractivity contribution in [3.63, 3.8) is 0 Å². The highest BCUT2D eigenvalue weighted by molar-refractivity contribution is 5.20. The molecule has 112 valence electrons. The highest BCUT2D eigenvalue weighted by atomic mass is 16.5. The van der Waals surface area contributed by atoms with Crippen LogP contribution in [-0.4, -0.2) is 43.2 Å². The van der Waals surface area contributed by atoms with E-state index in [1.807, 2.05) is 12.3 Å². The summed E-state index contributed by atoms with van der Waals surface area (Å²) in [6.45, 7) is 10.2. The van der Waals surface area contributed by atoms with Crippen molar-refractivity contribution in [1.29, 1.82) is 0 Å². The zero-order valence-electron chi connectivity index (χ0n) is 12.9. The van der Waals surface area contributed by atoms with E-state index in [1.165, 1.54) is 25.1 Å². The molecular formula is C16H27N3O. The fraction of sp³-hybridized carbons (Fsp3) is 0.688. The lowest BCUT2D eigenvalue weighted by atomic mass is 10.1. The van der Waals surface area contributed by atoms with Gasteiger partial charge in [-0.05, 0) is 49.5 Å². The van der Waals surface area contributed by atoms with Gasteiger partial charge in [-0.25, -0.2) is 4.98 Å². The maximum absolute atomic E-state index is 5.18. The van der Waals surface area contributed by atoms with Crippen molar-refractivity contribution in [3.8, 4) is 5.88 Å². The first-order chi connectivity index (χ1) is 9.67. The molecule has 4 nitrogen and oxygen atoms in total. The molecule has 1 aromatic heterocycles. The number of nitrogens with one attached hydrogen (secondary N) is 1. The third kappa shape index (κ3) is 4.76. The summed E-state index contributed by atoms with van der Waals surface area (Å²) in [6, 6.07) is 4.11. The molecule has 0 saturated carbocycles. The van der Waals surface area contributed by atoms with Crippen LogP contribution in [0.4, 0.5) is 0 Å². The number of aromatic nitrogens is 1. The third-order valence-electron chi connectivity index (χ3n) is 3.77. The van der Waals surface area contributed by atoms with Crippen molar-refractivity contribution >= 4 is 0 Å².